The van der Waals surface area contributed by atoms with Crippen molar-refractivity contribution in [3.8, 4) is 0 Å². The summed E-state index contributed by atoms with van der Waals surface area (Å²) in [4.78, 5) is 14.3. The molecule has 1 atom stereocenters. The smallest absolute Gasteiger partial charge is 0.225 e. The molecule has 2 aliphatic heterocycles. The Morgan fingerprint density at radius 1 is 1.30 bits per heavy atom. The summed E-state index contributed by atoms with van der Waals surface area (Å²) in [6.45, 7) is 3.86. The molecular weight excluding hydrogens is 295 g/mol. The normalized spacial score (nSPS) is 23.0. The van der Waals surface area contributed by atoms with Gasteiger partial charge in [-0.1, -0.05) is 18.2 Å². The van der Waals surface area contributed by atoms with Crippen molar-refractivity contribution in [3.63, 3.8) is 0 Å². The van der Waals surface area contributed by atoms with E-state index >= 15 is 0 Å². The number of nitrogens with zero attached hydrogens (tertiary/aromatic N) is 1. The maximum Gasteiger partial charge on any atom is 0.225 e. The summed E-state index contributed by atoms with van der Waals surface area (Å²) in [5.41, 5.74) is 0.791. The summed E-state index contributed by atoms with van der Waals surface area (Å²) in [6, 6.07) is 6.99. The first-order valence-corrected chi connectivity index (χ1v) is 8.56. The second-order valence-electron chi connectivity index (χ2n) is 6.52. The topological polar surface area (TPSA) is 41.6 Å². The van der Waals surface area contributed by atoms with Crippen LogP contribution < -0.4 is 5.32 Å². The molecule has 0 saturated carbocycles. The monoisotopic (exact) mass is 320 g/mol. The number of morpholine rings is 1. The van der Waals surface area contributed by atoms with Gasteiger partial charge in [-0.15, -0.1) is 0 Å². The fourth-order valence-electron chi connectivity index (χ4n) is 3.44. The molecular formula is C18H25FN2O2. The number of ether oxygens (including phenoxy) is 1. The average Bonchev–Trinajstić information content (AvgIpc) is 2.58. The van der Waals surface area contributed by atoms with Gasteiger partial charge in [-0.3, -0.25) is 4.79 Å². The molecule has 0 aliphatic carbocycles. The third-order valence-corrected chi connectivity index (χ3v) is 4.84. The van der Waals surface area contributed by atoms with Crippen LogP contribution in [0.1, 0.15) is 24.8 Å². The molecule has 126 valence electrons. The number of piperidine rings is 1. The van der Waals surface area contributed by atoms with Gasteiger partial charge in [0.15, 0.2) is 0 Å². The van der Waals surface area contributed by atoms with Crippen LogP contribution >= 0.6 is 0 Å². The minimum absolute atomic E-state index is 0.00684. The number of benzene rings is 1. The van der Waals surface area contributed by atoms with Crippen LogP contribution in [0.5, 0.6) is 0 Å². The second-order valence-corrected chi connectivity index (χ2v) is 6.52. The van der Waals surface area contributed by atoms with Gasteiger partial charge < -0.3 is 15.0 Å². The van der Waals surface area contributed by atoms with Crippen molar-refractivity contribution in [1.82, 2.24) is 10.2 Å². The van der Waals surface area contributed by atoms with Crippen molar-refractivity contribution < 1.29 is 13.9 Å². The lowest BCUT2D eigenvalue weighted by Gasteiger charge is -2.33. The Kier molecular flexibility index (Phi) is 5.62. The first kappa shape index (κ1) is 16.4. The minimum Gasteiger partial charge on any atom is -0.375 e. The number of halogens is 1. The Balaban J connectivity index is 1.44. The second kappa shape index (κ2) is 7.88. The number of nitrogens with one attached hydrogen (secondary N) is 1. The van der Waals surface area contributed by atoms with Crippen LogP contribution in [0.25, 0.3) is 0 Å². The minimum atomic E-state index is -0.118. The highest BCUT2D eigenvalue weighted by Crippen LogP contribution is 2.23. The Morgan fingerprint density at radius 2 is 2.09 bits per heavy atom. The van der Waals surface area contributed by atoms with Gasteiger partial charge in [0.05, 0.1) is 19.1 Å². The van der Waals surface area contributed by atoms with E-state index in [0.29, 0.717) is 18.9 Å². The number of carbonyl (C=O) groups excluding carboxylic acids is 1. The molecule has 0 spiro atoms. The van der Waals surface area contributed by atoms with Gasteiger partial charge in [0.25, 0.3) is 0 Å². The zero-order chi connectivity index (χ0) is 16.1. The molecule has 0 radical (unpaired) electrons. The van der Waals surface area contributed by atoms with Crippen molar-refractivity contribution >= 4 is 5.91 Å². The van der Waals surface area contributed by atoms with Gasteiger partial charge in [-0.2, -0.15) is 0 Å². The molecule has 1 N–H and O–H groups in total. The number of hydrogen-bond donors (Lipinski definition) is 1. The highest BCUT2D eigenvalue weighted by atomic mass is 19.1. The Labute approximate surface area is 137 Å². The summed E-state index contributed by atoms with van der Waals surface area (Å²) in [5, 5.41) is 3.25. The quantitative estimate of drug-likeness (QED) is 0.922. The van der Waals surface area contributed by atoms with Gasteiger partial charge in [-0.25, -0.2) is 4.39 Å². The molecule has 2 heterocycles. The largest absolute Gasteiger partial charge is 0.375 e. The van der Waals surface area contributed by atoms with Crippen molar-refractivity contribution in [2.24, 2.45) is 5.92 Å². The molecule has 2 saturated heterocycles. The first-order valence-electron chi connectivity index (χ1n) is 8.56. The molecule has 0 aromatic heterocycles. The Morgan fingerprint density at radius 3 is 2.78 bits per heavy atom. The maximum atomic E-state index is 13.7. The van der Waals surface area contributed by atoms with Gasteiger partial charge in [-0.05, 0) is 36.8 Å². The molecule has 0 bridgehead atoms. The summed E-state index contributed by atoms with van der Waals surface area (Å²) in [7, 11) is 0. The zero-order valence-electron chi connectivity index (χ0n) is 13.5. The number of rotatable bonds is 4. The standard InChI is InChI=1S/C18H25FN2O2/c19-17-4-2-1-3-15(17)11-14-5-8-21(9-6-14)18(22)12-16-13-20-7-10-23-16/h1-4,14,16,20H,5-13H2. The van der Waals surface area contributed by atoms with Gasteiger partial charge in [0.2, 0.25) is 5.91 Å². The molecule has 2 fully saturated rings. The molecule has 1 unspecified atom stereocenters. The van der Waals surface area contributed by atoms with Crippen LogP contribution in [0.4, 0.5) is 4.39 Å². The molecule has 3 rings (SSSR count). The summed E-state index contributed by atoms with van der Waals surface area (Å²) in [6.07, 6.45) is 3.13. The predicted octanol–water partition coefficient (Wildman–Crippen LogP) is 1.99. The number of amides is 1. The van der Waals surface area contributed by atoms with Crippen LogP contribution in [0.3, 0.4) is 0 Å². The Hall–Kier alpha value is -1.46. The lowest BCUT2D eigenvalue weighted by atomic mass is 9.90. The maximum absolute atomic E-state index is 13.7. The van der Waals surface area contributed by atoms with Crippen molar-refractivity contribution in [2.45, 2.75) is 31.8 Å². The SMILES string of the molecule is O=C(CC1CNCCO1)N1CCC(Cc2ccccc2F)CC1. The van der Waals surface area contributed by atoms with E-state index in [1.807, 2.05) is 17.0 Å². The lowest BCUT2D eigenvalue weighted by Crippen LogP contribution is -2.44. The highest BCUT2D eigenvalue weighted by Gasteiger charge is 2.26. The summed E-state index contributed by atoms with van der Waals surface area (Å²) < 4.78 is 19.3. The molecule has 1 aromatic carbocycles. The number of hydrogen-bond acceptors (Lipinski definition) is 3. The fraction of sp³-hybridized carbons (Fsp3) is 0.611. The molecule has 1 aromatic rings. The van der Waals surface area contributed by atoms with E-state index in [0.717, 1.165) is 51.0 Å². The van der Waals surface area contributed by atoms with Crippen molar-refractivity contribution in [1.29, 1.82) is 0 Å². The lowest BCUT2D eigenvalue weighted by molar-refractivity contribution is -0.136. The molecule has 5 heteroatoms. The molecule has 2 aliphatic rings. The number of likely N-dealkylation sites (tertiary alicyclic amines) is 1. The van der Waals surface area contributed by atoms with Gasteiger partial charge >= 0.3 is 0 Å². The van der Waals surface area contributed by atoms with Crippen LogP contribution in [0, 0.1) is 11.7 Å². The molecule has 1 amide bonds. The first-order chi connectivity index (χ1) is 11.2. The van der Waals surface area contributed by atoms with E-state index in [1.54, 1.807) is 6.07 Å². The zero-order valence-corrected chi connectivity index (χ0v) is 13.5. The van der Waals surface area contributed by atoms with E-state index in [9.17, 15) is 9.18 Å². The van der Waals surface area contributed by atoms with Gasteiger partial charge in [0.1, 0.15) is 5.82 Å². The molecule has 23 heavy (non-hydrogen) atoms. The van der Waals surface area contributed by atoms with E-state index in [4.69, 9.17) is 4.74 Å². The van der Waals surface area contributed by atoms with E-state index in [2.05, 4.69) is 5.32 Å². The van der Waals surface area contributed by atoms with Crippen LogP contribution in [0.15, 0.2) is 24.3 Å². The van der Waals surface area contributed by atoms with Crippen LogP contribution in [-0.4, -0.2) is 49.7 Å². The van der Waals surface area contributed by atoms with Crippen LogP contribution in [0.2, 0.25) is 0 Å². The number of carbonyl (C=O) groups is 1. The third-order valence-electron chi connectivity index (χ3n) is 4.84. The predicted molar refractivity (Wildman–Crippen MR) is 86.6 cm³/mol. The van der Waals surface area contributed by atoms with Gasteiger partial charge in [0, 0.05) is 26.2 Å². The average molecular weight is 320 g/mol. The van der Waals surface area contributed by atoms with Crippen LogP contribution in [-0.2, 0) is 16.0 Å². The van der Waals surface area contributed by atoms with E-state index in [-0.39, 0.29) is 17.8 Å². The highest BCUT2D eigenvalue weighted by molar-refractivity contribution is 5.76. The Bertz CT molecular complexity index is 524. The van der Waals surface area contributed by atoms with E-state index in [1.165, 1.54) is 6.07 Å². The third kappa shape index (κ3) is 4.52. The van der Waals surface area contributed by atoms with E-state index < -0.39 is 0 Å². The summed E-state index contributed by atoms with van der Waals surface area (Å²) in [5.74, 6) is 0.527. The molecule has 4 nitrogen and oxygen atoms in total. The summed E-state index contributed by atoms with van der Waals surface area (Å²) >= 11 is 0. The fourth-order valence-corrected chi connectivity index (χ4v) is 3.44. The van der Waals surface area contributed by atoms with Crippen molar-refractivity contribution in [3.05, 3.63) is 35.6 Å². The van der Waals surface area contributed by atoms with Crippen molar-refractivity contribution in [2.75, 3.05) is 32.8 Å².